The molecular formula is C55H35N3O. The van der Waals surface area contributed by atoms with Crippen molar-refractivity contribution in [2.24, 2.45) is 0 Å². The molecule has 276 valence electrons. The molecule has 0 aliphatic heterocycles. The number of para-hydroxylation sites is 1. The van der Waals surface area contributed by atoms with Gasteiger partial charge in [-0.2, -0.15) is 0 Å². The van der Waals surface area contributed by atoms with Gasteiger partial charge < -0.3 is 4.42 Å². The highest BCUT2D eigenvalue weighted by Gasteiger charge is 2.21. The number of benzene rings is 9. The molecule has 0 saturated carbocycles. The van der Waals surface area contributed by atoms with Crippen LogP contribution in [0, 0.1) is 0 Å². The van der Waals surface area contributed by atoms with Crippen LogP contribution in [0.4, 0.5) is 0 Å². The van der Waals surface area contributed by atoms with Gasteiger partial charge in [0.15, 0.2) is 17.5 Å². The van der Waals surface area contributed by atoms with Crippen LogP contribution in [0.2, 0.25) is 0 Å². The van der Waals surface area contributed by atoms with Crippen molar-refractivity contribution in [3.63, 3.8) is 0 Å². The number of furan rings is 1. The SMILES string of the molecule is c1ccc(-c2ccc(-c3nc(-c4ccc5c(-c6ccccc6)cccc5c4)nc(-c4cccc5oc6c(-c7ccccc7-c7ccccc7)cccc6c45)n3)cc2)cc1. The molecule has 2 aromatic heterocycles. The second kappa shape index (κ2) is 14.5. The minimum absolute atomic E-state index is 0.582. The molecule has 0 amide bonds. The Bertz CT molecular complexity index is 3300. The van der Waals surface area contributed by atoms with Crippen LogP contribution in [0.3, 0.4) is 0 Å². The highest BCUT2D eigenvalue weighted by atomic mass is 16.3. The lowest BCUT2D eigenvalue weighted by atomic mass is 9.93. The van der Waals surface area contributed by atoms with Crippen molar-refractivity contribution in [3.8, 4) is 78.7 Å². The van der Waals surface area contributed by atoms with E-state index in [2.05, 4.69) is 188 Å². The molecule has 9 aromatic carbocycles. The predicted octanol–water partition coefficient (Wildman–Crippen LogP) is 14.6. The van der Waals surface area contributed by atoms with Crippen LogP contribution < -0.4 is 0 Å². The van der Waals surface area contributed by atoms with Gasteiger partial charge >= 0.3 is 0 Å². The summed E-state index contributed by atoms with van der Waals surface area (Å²) >= 11 is 0. The van der Waals surface area contributed by atoms with Crippen molar-refractivity contribution in [2.75, 3.05) is 0 Å². The summed E-state index contributed by atoms with van der Waals surface area (Å²) in [5.41, 5.74) is 13.4. The van der Waals surface area contributed by atoms with Gasteiger partial charge in [-0.3, -0.25) is 0 Å². The molecule has 0 saturated heterocycles. The monoisotopic (exact) mass is 753 g/mol. The van der Waals surface area contributed by atoms with Crippen LogP contribution in [0.25, 0.3) is 111 Å². The maximum atomic E-state index is 6.80. The zero-order valence-electron chi connectivity index (χ0n) is 32.0. The van der Waals surface area contributed by atoms with Gasteiger partial charge in [-0.1, -0.05) is 200 Å². The molecule has 0 fully saturated rings. The van der Waals surface area contributed by atoms with Crippen LogP contribution in [0.5, 0.6) is 0 Å². The van der Waals surface area contributed by atoms with Gasteiger partial charge in [0.1, 0.15) is 11.2 Å². The molecule has 2 heterocycles. The summed E-state index contributed by atoms with van der Waals surface area (Å²) in [5.74, 6) is 1.79. The van der Waals surface area contributed by atoms with E-state index in [9.17, 15) is 0 Å². The van der Waals surface area contributed by atoms with Crippen molar-refractivity contribution in [2.45, 2.75) is 0 Å². The van der Waals surface area contributed by atoms with Gasteiger partial charge in [-0.05, 0) is 61.8 Å². The van der Waals surface area contributed by atoms with Crippen molar-refractivity contribution < 1.29 is 4.42 Å². The zero-order chi connectivity index (χ0) is 39.1. The molecule has 4 heteroatoms. The largest absolute Gasteiger partial charge is 0.455 e. The van der Waals surface area contributed by atoms with Crippen LogP contribution in [0.15, 0.2) is 217 Å². The van der Waals surface area contributed by atoms with Gasteiger partial charge in [-0.15, -0.1) is 0 Å². The Morgan fingerprint density at radius 1 is 0.288 bits per heavy atom. The molecule has 0 N–H and O–H groups in total. The number of aromatic nitrogens is 3. The molecule has 0 spiro atoms. The third kappa shape index (κ3) is 6.24. The third-order valence-corrected chi connectivity index (χ3v) is 11.2. The molecule has 0 radical (unpaired) electrons. The summed E-state index contributed by atoms with van der Waals surface area (Å²) in [6.07, 6.45) is 0. The smallest absolute Gasteiger partial charge is 0.164 e. The first-order valence-corrected chi connectivity index (χ1v) is 19.9. The maximum absolute atomic E-state index is 6.80. The summed E-state index contributed by atoms with van der Waals surface area (Å²) in [4.78, 5) is 15.6. The van der Waals surface area contributed by atoms with E-state index in [1.807, 2.05) is 24.3 Å². The maximum Gasteiger partial charge on any atom is 0.164 e. The third-order valence-electron chi connectivity index (χ3n) is 11.2. The minimum Gasteiger partial charge on any atom is -0.455 e. The molecule has 0 aliphatic carbocycles. The molecule has 59 heavy (non-hydrogen) atoms. The average Bonchev–Trinajstić information content (AvgIpc) is 3.71. The molecule has 0 aliphatic rings. The van der Waals surface area contributed by atoms with E-state index in [0.29, 0.717) is 17.5 Å². The van der Waals surface area contributed by atoms with E-state index < -0.39 is 0 Å². The zero-order valence-corrected chi connectivity index (χ0v) is 32.0. The van der Waals surface area contributed by atoms with Crippen LogP contribution >= 0.6 is 0 Å². The summed E-state index contributed by atoms with van der Waals surface area (Å²) in [6, 6.07) is 73.9. The standard InChI is InChI=1S/C55H35N3O/c1-4-15-36(16-5-1)37-29-31-40(32-30-37)53-56-54(42-33-34-45-41(35-42)21-12-24-43(45)38-17-6-2-7-18-38)58-55(57-53)49-27-14-28-50-51(49)48-26-13-25-47(52(48)59-50)46-23-11-10-22-44(46)39-19-8-3-9-20-39/h1-35H. The highest BCUT2D eigenvalue weighted by Crippen LogP contribution is 2.43. The summed E-state index contributed by atoms with van der Waals surface area (Å²) in [6.45, 7) is 0. The summed E-state index contributed by atoms with van der Waals surface area (Å²) in [7, 11) is 0. The predicted molar refractivity (Wildman–Crippen MR) is 243 cm³/mol. The lowest BCUT2D eigenvalue weighted by Crippen LogP contribution is -2.00. The fourth-order valence-electron chi connectivity index (χ4n) is 8.32. The van der Waals surface area contributed by atoms with Crippen LogP contribution in [-0.2, 0) is 0 Å². The molecule has 0 bridgehead atoms. The highest BCUT2D eigenvalue weighted by molar-refractivity contribution is 6.15. The summed E-state index contributed by atoms with van der Waals surface area (Å²) < 4.78 is 6.80. The first-order chi connectivity index (χ1) is 29.2. The van der Waals surface area contributed by atoms with E-state index in [4.69, 9.17) is 19.4 Å². The second-order valence-corrected chi connectivity index (χ2v) is 14.7. The van der Waals surface area contributed by atoms with Gasteiger partial charge in [0.25, 0.3) is 0 Å². The lowest BCUT2D eigenvalue weighted by molar-refractivity contribution is 0.670. The molecule has 11 rings (SSSR count). The van der Waals surface area contributed by atoms with Gasteiger partial charge in [0, 0.05) is 33.0 Å². The fraction of sp³-hybridized carbons (Fsp3) is 0. The Labute approximate surface area is 341 Å². The van der Waals surface area contributed by atoms with E-state index in [-0.39, 0.29) is 0 Å². The number of fused-ring (bicyclic) bond motifs is 4. The van der Waals surface area contributed by atoms with Gasteiger partial charge in [0.2, 0.25) is 0 Å². The summed E-state index contributed by atoms with van der Waals surface area (Å²) in [5, 5.41) is 4.26. The number of hydrogen-bond acceptors (Lipinski definition) is 4. The van der Waals surface area contributed by atoms with Crippen molar-refractivity contribution in [1.29, 1.82) is 0 Å². The fourth-order valence-corrected chi connectivity index (χ4v) is 8.32. The van der Waals surface area contributed by atoms with Crippen molar-refractivity contribution in [1.82, 2.24) is 15.0 Å². The number of nitrogens with zero attached hydrogens (tertiary/aromatic N) is 3. The van der Waals surface area contributed by atoms with E-state index in [1.54, 1.807) is 0 Å². The first-order valence-electron chi connectivity index (χ1n) is 19.9. The van der Waals surface area contributed by atoms with Crippen LogP contribution in [-0.4, -0.2) is 15.0 Å². The average molecular weight is 754 g/mol. The van der Waals surface area contributed by atoms with E-state index >= 15 is 0 Å². The number of hydrogen-bond donors (Lipinski definition) is 0. The Hall–Kier alpha value is -7.95. The first kappa shape index (κ1) is 34.3. The Kier molecular flexibility index (Phi) is 8.45. The van der Waals surface area contributed by atoms with E-state index in [1.165, 1.54) is 16.5 Å². The van der Waals surface area contributed by atoms with Crippen molar-refractivity contribution >= 4 is 32.7 Å². The Morgan fingerprint density at radius 2 is 0.797 bits per heavy atom. The molecule has 4 nitrogen and oxygen atoms in total. The van der Waals surface area contributed by atoms with Crippen LogP contribution in [0.1, 0.15) is 0 Å². The molecule has 11 aromatic rings. The molecule has 0 atom stereocenters. The molecular weight excluding hydrogens is 719 g/mol. The van der Waals surface area contributed by atoms with E-state index in [0.717, 1.165) is 77.4 Å². The molecule has 0 unspecified atom stereocenters. The normalized spacial score (nSPS) is 11.4. The quantitative estimate of drug-likeness (QED) is 0.163. The Balaban J connectivity index is 1.09. The Morgan fingerprint density at radius 3 is 1.54 bits per heavy atom. The van der Waals surface area contributed by atoms with Crippen molar-refractivity contribution in [3.05, 3.63) is 212 Å². The number of rotatable bonds is 7. The van der Waals surface area contributed by atoms with Gasteiger partial charge in [0.05, 0.1) is 0 Å². The second-order valence-electron chi connectivity index (χ2n) is 14.7. The minimum atomic E-state index is 0.582. The topological polar surface area (TPSA) is 51.8 Å². The lowest BCUT2D eigenvalue weighted by Gasteiger charge is -2.12. The van der Waals surface area contributed by atoms with Gasteiger partial charge in [-0.25, -0.2) is 15.0 Å².